The van der Waals surface area contributed by atoms with Crippen LogP contribution in [0.2, 0.25) is 0 Å². The Hall–Kier alpha value is -1.46. The first kappa shape index (κ1) is 17.9. The number of rotatable bonds is 4. The molecule has 4 heterocycles. The highest BCUT2D eigenvalue weighted by molar-refractivity contribution is 7.17. The lowest BCUT2D eigenvalue weighted by Crippen LogP contribution is -1.90. The minimum Gasteiger partial charge on any atom is -0.141 e. The van der Waals surface area contributed by atoms with Crippen molar-refractivity contribution in [2.75, 3.05) is 0 Å². The fourth-order valence-electron chi connectivity index (χ4n) is 3.01. The van der Waals surface area contributed by atoms with Gasteiger partial charge < -0.3 is 0 Å². The summed E-state index contributed by atoms with van der Waals surface area (Å²) in [4.78, 5) is 10.9. The molecule has 0 spiro atoms. The van der Waals surface area contributed by atoms with Gasteiger partial charge in [0.05, 0.1) is 0 Å². The SMILES string of the molecule is Cc1ccc(C(=C(c2ccc(C)s2)c2ccc(C)s2)c2ccc(C)s2)s1. The van der Waals surface area contributed by atoms with E-state index in [9.17, 15) is 0 Å². The van der Waals surface area contributed by atoms with Gasteiger partial charge in [-0.25, -0.2) is 0 Å². The molecule has 0 aliphatic carbocycles. The highest BCUT2D eigenvalue weighted by Crippen LogP contribution is 2.44. The molecule has 26 heavy (non-hydrogen) atoms. The zero-order chi connectivity index (χ0) is 18.3. The summed E-state index contributed by atoms with van der Waals surface area (Å²) in [6, 6.07) is 18.1. The first-order chi connectivity index (χ1) is 12.5. The maximum Gasteiger partial charge on any atom is 0.0366 e. The molecule has 0 saturated carbocycles. The summed E-state index contributed by atoms with van der Waals surface area (Å²) in [6.45, 7) is 8.76. The maximum absolute atomic E-state index is 2.28. The second-order valence-corrected chi connectivity index (χ2v) is 11.5. The third-order valence-electron chi connectivity index (χ3n) is 4.20. The third-order valence-corrected chi connectivity index (χ3v) is 8.27. The Morgan fingerprint density at radius 3 is 0.808 bits per heavy atom. The van der Waals surface area contributed by atoms with Gasteiger partial charge in [-0.15, -0.1) is 45.3 Å². The van der Waals surface area contributed by atoms with E-state index in [4.69, 9.17) is 0 Å². The van der Waals surface area contributed by atoms with Crippen LogP contribution < -0.4 is 0 Å². The molecule has 0 unspecified atom stereocenters. The van der Waals surface area contributed by atoms with Gasteiger partial charge in [-0.3, -0.25) is 0 Å². The Kier molecular flexibility index (Phi) is 5.02. The summed E-state index contributed by atoms with van der Waals surface area (Å²) >= 11 is 7.56. The largest absolute Gasteiger partial charge is 0.141 e. The summed E-state index contributed by atoms with van der Waals surface area (Å²) in [5, 5.41) is 0. The van der Waals surface area contributed by atoms with Crippen LogP contribution in [0.25, 0.3) is 11.1 Å². The summed E-state index contributed by atoms with van der Waals surface area (Å²) in [7, 11) is 0. The average Bonchev–Trinajstić information content (AvgIpc) is 3.36. The van der Waals surface area contributed by atoms with Gasteiger partial charge in [-0.05, 0) is 76.2 Å². The van der Waals surface area contributed by atoms with Crippen molar-refractivity contribution in [1.82, 2.24) is 0 Å². The molecule has 0 fully saturated rings. The van der Waals surface area contributed by atoms with Gasteiger partial charge in [-0.1, -0.05) is 0 Å². The minimum atomic E-state index is 1.36. The van der Waals surface area contributed by atoms with Crippen molar-refractivity contribution in [3.05, 3.63) is 87.5 Å². The van der Waals surface area contributed by atoms with E-state index in [0.29, 0.717) is 0 Å². The van der Waals surface area contributed by atoms with Crippen LogP contribution in [-0.2, 0) is 0 Å². The van der Waals surface area contributed by atoms with E-state index in [1.54, 1.807) is 0 Å². The fourth-order valence-corrected chi connectivity index (χ4v) is 6.87. The number of aryl methyl sites for hydroxylation is 4. The van der Waals surface area contributed by atoms with Gasteiger partial charge >= 0.3 is 0 Å². The van der Waals surface area contributed by atoms with Crippen LogP contribution in [0.3, 0.4) is 0 Å². The van der Waals surface area contributed by atoms with E-state index in [-0.39, 0.29) is 0 Å². The predicted octanol–water partition coefficient (Wildman–Crippen LogP) is 8.17. The molecule has 4 aromatic rings. The molecule has 0 aliphatic heterocycles. The van der Waals surface area contributed by atoms with Crippen molar-refractivity contribution in [1.29, 1.82) is 0 Å². The van der Waals surface area contributed by atoms with Crippen LogP contribution in [0.15, 0.2) is 48.5 Å². The van der Waals surface area contributed by atoms with Crippen LogP contribution in [0.4, 0.5) is 0 Å². The van der Waals surface area contributed by atoms with E-state index in [2.05, 4.69) is 76.2 Å². The molecule has 0 bridgehead atoms. The first-order valence-corrected chi connectivity index (χ1v) is 11.8. The van der Waals surface area contributed by atoms with Crippen LogP contribution in [0.5, 0.6) is 0 Å². The normalized spacial score (nSPS) is 11.1. The molecule has 4 rings (SSSR count). The molecular formula is C22H20S4. The van der Waals surface area contributed by atoms with Gasteiger partial charge in [0, 0.05) is 50.2 Å². The van der Waals surface area contributed by atoms with Crippen LogP contribution in [0.1, 0.15) is 39.0 Å². The molecule has 0 aromatic carbocycles. The smallest absolute Gasteiger partial charge is 0.0366 e. The highest BCUT2D eigenvalue weighted by atomic mass is 32.1. The van der Waals surface area contributed by atoms with Crippen LogP contribution >= 0.6 is 45.3 Å². The van der Waals surface area contributed by atoms with Crippen LogP contribution in [0, 0.1) is 27.7 Å². The summed E-state index contributed by atoms with van der Waals surface area (Å²) < 4.78 is 0. The second kappa shape index (κ2) is 7.28. The van der Waals surface area contributed by atoms with E-state index >= 15 is 0 Å². The number of thiophene rings is 4. The van der Waals surface area contributed by atoms with Crippen molar-refractivity contribution in [3.8, 4) is 0 Å². The average molecular weight is 413 g/mol. The van der Waals surface area contributed by atoms with Gasteiger partial charge in [0.1, 0.15) is 0 Å². The molecule has 0 radical (unpaired) electrons. The molecule has 0 N–H and O–H groups in total. The fraction of sp³-hybridized carbons (Fsp3) is 0.182. The molecular weight excluding hydrogens is 393 g/mol. The van der Waals surface area contributed by atoms with Crippen molar-refractivity contribution < 1.29 is 0 Å². The Morgan fingerprint density at radius 1 is 0.423 bits per heavy atom. The Bertz CT molecular complexity index is 910. The standard InChI is InChI=1S/C22H20S4/c1-13-5-9-17(23-13)21(18-10-6-14(2)24-18)22(19-11-7-15(3)25-19)20-12-8-16(4)26-20/h5-12H,1-4H3. The summed E-state index contributed by atoms with van der Waals surface area (Å²) in [6.07, 6.45) is 0. The Balaban J connectivity index is 2.07. The molecule has 0 amide bonds. The van der Waals surface area contributed by atoms with Gasteiger partial charge in [0.15, 0.2) is 0 Å². The Morgan fingerprint density at radius 2 is 0.654 bits per heavy atom. The maximum atomic E-state index is 2.28. The van der Waals surface area contributed by atoms with E-state index in [1.165, 1.54) is 50.2 Å². The van der Waals surface area contributed by atoms with Crippen molar-refractivity contribution in [3.63, 3.8) is 0 Å². The zero-order valence-electron chi connectivity index (χ0n) is 15.3. The Labute approximate surface area is 171 Å². The lowest BCUT2D eigenvalue weighted by molar-refractivity contribution is 1.63. The monoisotopic (exact) mass is 412 g/mol. The quantitative estimate of drug-likeness (QED) is 0.317. The predicted molar refractivity (Wildman–Crippen MR) is 121 cm³/mol. The number of hydrogen-bond donors (Lipinski definition) is 0. The molecule has 0 nitrogen and oxygen atoms in total. The van der Waals surface area contributed by atoms with Crippen molar-refractivity contribution in [2.45, 2.75) is 27.7 Å². The van der Waals surface area contributed by atoms with E-state index in [0.717, 1.165) is 0 Å². The van der Waals surface area contributed by atoms with Crippen molar-refractivity contribution >= 4 is 56.5 Å². The minimum absolute atomic E-state index is 1.36. The van der Waals surface area contributed by atoms with Gasteiger partial charge in [0.2, 0.25) is 0 Å². The van der Waals surface area contributed by atoms with Gasteiger partial charge in [0.25, 0.3) is 0 Å². The first-order valence-electron chi connectivity index (χ1n) is 8.53. The molecule has 0 aliphatic rings. The van der Waals surface area contributed by atoms with Crippen LogP contribution in [-0.4, -0.2) is 0 Å². The van der Waals surface area contributed by atoms with Gasteiger partial charge in [-0.2, -0.15) is 0 Å². The summed E-state index contributed by atoms with van der Waals surface area (Å²) in [5.74, 6) is 0. The third kappa shape index (κ3) is 3.52. The van der Waals surface area contributed by atoms with E-state index < -0.39 is 0 Å². The summed E-state index contributed by atoms with van der Waals surface area (Å²) in [5.41, 5.74) is 2.76. The lowest BCUT2D eigenvalue weighted by Gasteiger charge is -2.12. The number of hydrogen-bond acceptors (Lipinski definition) is 4. The molecule has 4 aromatic heterocycles. The molecule has 0 saturated heterocycles. The van der Waals surface area contributed by atoms with Crippen molar-refractivity contribution in [2.24, 2.45) is 0 Å². The lowest BCUT2D eigenvalue weighted by atomic mass is 10.0. The molecule has 4 heteroatoms. The zero-order valence-corrected chi connectivity index (χ0v) is 18.5. The topological polar surface area (TPSA) is 0 Å². The molecule has 0 atom stereocenters. The highest BCUT2D eigenvalue weighted by Gasteiger charge is 2.20. The molecule has 132 valence electrons. The second-order valence-electron chi connectivity index (χ2n) is 6.39. The van der Waals surface area contributed by atoms with E-state index in [1.807, 2.05) is 45.3 Å².